The predicted octanol–water partition coefficient (Wildman–Crippen LogP) is 5.38. The highest BCUT2D eigenvalue weighted by molar-refractivity contribution is 8.13. The van der Waals surface area contributed by atoms with Crippen molar-refractivity contribution in [3.8, 4) is 17.2 Å². The van der Waals surface area contributed by atoms with Crippen molar-refractivity contribution < 1.29 is 14.2 Å². The van der Waals surface area contributed by atoms with E-state index in [0.29, 0.717) is 29.1 Å². The number of ether oxygens (including phenoxy) is 3. The van der Waals surface area contributed by atoms with E-state index >= 15 is 0 Å². The first-order chi connectivity index (χ1) is 19.1. The number of methoxy groups -OCH3 is 1. The van der Waals surface area contributed by atoms with Crippen LogP contribution in [0.3, 0.4) is 0 Å². The molecule has 196 valence electrons. The number of pyridine rings is 3. The molecule has 1 spiro atoms. The first-order valence-electron chi connectivity index (χ1n) is 12.8. The fourth-order valence-electron chi connectivity index (χ4n) is 5.39. The minimum atomic E-state index is -0.693. The number of amidine groups is 1. The molecular formula is C29H26N6O3S. The highest BCUT2D eigenvalue weighted by atomic mass is 32.2. The zero-order valence-corrected chi connectivity index (χ0v) is 22.1. The highest BCUT2D eigenvalue weighted by Gasteiger charge is 2.44. The van der Waals surface area contributed by atoms with E-state index in [9.17, 15) is 0 Å². The van der Waals surface area contributed by atoms with E-state index in [-0.39, 0.29) is 0 Å². The summed E-state index contributed by atoms with van der Waals surface area (Å²) in [5.41, 5.74) is 11.1. The second-order valence-corrected chi connectivity index (χ2v) is 10.7. The molecule has 10 heteroatoms. The molecule has 0 saturated heterocycles. The molecular weight excluding hydrogens is 512 g/mol. The molecule has 0 fully saturated rings. The Morgan fingerprint density at radius 3 is 2.82 bits per heavy atom. The lowest BCUT2D eigenvalue weighted by Gasteiger charge is -2.39. The van der Waals surface area contributed by atoms with Gasteiger partial charge in [0.2, 0.25) is 0 Å². The van der Waals surface area contributed by atoms with Crippen molar-refractivity contribution in [3.63, 3.8) is 0 Å². The molecule has 6 heterocycles. The summed E-state index contributed by atoms with van der Waals surface area (Å²) < 4.78 is 17.4. The summed E-state index contributed by atoms with van der Waals surface area (Å²) in [6.07, 6.45) is 9.09. The number of thioether (sulfide) groups is 1. The Balaban J connectivity index is 1.33. The lowest BCUT2D eigenvalue weighted by atomic mass is 9.78. The third kappa shape index (κ3) is 4.16. The number of fused-ring (bicyclic) bond motifs is 5. The summed E-state index contributed by atoms with van der Waals surface area (Å²) >= 11 is 1.57. The third-order valence-electron chi connectivity index (χ3n) is 7.28. The Morgan fingerprint density at radius 1 is 1.05 bits per heavy atom. The van der Waals surface area contributed by atoms with Gasteiger partial charge in [0, 0.05) is 34.2 Å². The van der Waals surface area contributed by atoms with Gasteiger partial charge in [0.25, 0.3) is 0 Å². The smallest absolute Gasteiger partial charge is 0.156 e. The first-order valence-corrected chi connectivity index (χ1v) is 13.8. The van der Waals surface area contributed by atoms with Crippen LogP contribution in [0.1, 0.15) is 29.7 Å². The monoisotopic (exact) mass is 538 g/mol. The molecule has 39 heavy (non-hydrogen) atoms. The van der Waals surface area contributed by atoms with Crippen LogP contribution in [0.5, 0.6) is 17.2 Å². The van der Waals surface area contributed by atoms with Crippen molar-refractivity contribution in [1.82, 2.24) is 15.0 Å². The summed E-state index contributed by atoms with van der Waals surface area (Å²) in [6, 6.07) is 12.0. The van der Waals surface area contributed by atoms with Crippen molar-refractivity contribution in [1.29, 1.82) is 0 Å². The standard InChI is InChI=1S/C29H26N6O3S/c1-36-20-11-17-6-8-31-27(26(17)33-14-20)34-19-4-5-24-21(12-19)29(7-10-39-28(30)35-29)22-13-23(32-15-25(22)38-24)18-3-2-9-37-16-18/h3-6,8,11-15H,2,7,9-10,16H2,1H3,(H2,30,35)(H,31,34)/t29-/m0/s1. The fraction of sp³-hybridized carbons (Fsp3) is 0.241. The van der Waals surface area contributed by atoms with Gasteiger partial charge in [-0.2, -0.15) is 0 Å². The molecule has 0 amide bonds. The predicted molar refractivity (Wildman–Crippen MR) is 153 cm³/mol. The minimum Gasteiger partial charge on any atom is -0.495 e. The van der Waals surface area contributed by atoms with Crippen LogP contribution in [0.2, 0.25) is 0 Å². The topological polar surface area (TPSA) is 117 Å². The number of hydrogen-bond donors (Lipinski definition) is 2. The lowest BCUT2D eigenvalue weighted by Crippen LogP contribution is -2.35. The summed E-state index contributed by atoms with van der Waals surface area (Å²) in [5, 5.41) is 4.95. The van der Waals surface area contributed by atoms with Gasteiger partial charge in [-0.1, -0.05) is 17.8 Å². The number of nitrogens with two attached hydrogens (primary N) is 1. The Labute approximate surface area is 229 Å². The van der Waals surface area contributed by atoms with E-state index in [1.54, 1.807) is 37.5 Å². The van der Waals surface area contributed by atoms with Crippen molar-refractivity contribution in [2.24, 2.45) is 10.7 Å². The van der Waals surface area contributed by atoms with Gasteiger partial charge >= 0.3 is 0 Å². The van der Waals surface area contributed by atoms with Crippen LogP contribution in [0.25, 0.3) is 16.5 Å². The number of nitrogens with one attached hydrogen (secondary N) is 1. The maximum absolute atomic E-state index is 6.38. The van der Waals surface area contributed by atoms with Crippen LogP contribution in [-0.4, -0.2) is 46.2 Å². The number of aromatic nitrogens is 3. The molecule has 0 radical (unpaired) electrons. The highest BCUT2D eigenvalue weighted by Crippen LogP contribution is 2.53. The summed E-state index contributed by atoms with van der Waals surface area (Å²) in [5.74, 6) is 3.62. The second-order valence-electron chi connectivity index (χ2n) is 9.59. The molecule has 7 rings (SSSR count). The van der Waals surface area contributed by atoms with Crippen LogP contribution in [0.4, 0.5) is 11.5 Å². The fourth-order valence-corrected chi connectivity index (χ4v) is 6.22. The van der Waals surface area contributed by atoms with Gasteiger partial charge in [0.15, 0.2) is 16.7 Å². The van der Waals surface area contributed by atoms with Crippen LogP contribution in [0.15, 0.2) is 66.1 Å². The average molecular weight is 539 g/mol. The lowest BCUT2D eigenvalue weighted by molar-refractivity contribution is 0.164. The maximum Gasteiger partial charge on any atom is 0.156 e. The van der Waals surface area contributed by atoms with Crippen molar-refractivity contribution in [2.45, 2.75) is 18.4 Å². The van der Waals surface area contributed by atoms with Crippen molar-refractivity contribution >= 4 is 44.9 Å². The molecule has 0 bridgehead atoms. The zero-order valence-electron chi connectivity index (χ0n) is 21.3. The van der Waals surface area contributed by atoms with E-state index in [2.05, 4.69) is 33.5 Å². The number of anilines is 2. The Kier molecular flexibility index (Phi) is 5.86. The molecule has 0 aliphatic carbocycles. The molecule has 0 saturated carbocycles. The van der Waals surface area contributed by atoms with Gasteiger partial charge < -0.3 is 25.3 Å². The maximum atomic E-state index is 6.38. The van der Waals surface area contributed by atoms with Crippen LogP contribution in [0, 0.1) is 0 Å². The van der Waals surface area contributed by atoms with E-state index in [4.69, 9.17) is 29.9 Å². The Morgan fingerprint density at radius 2 is 1.97 bits per heavy atom. The van der Waals surface area contributed by atoms with Gasteiger partial charge in [-0.15, -0.1) is 0 Å². The molecule has 3 aliphatic heterocycles. The van der Waals surface area contributed by atoms with E-state index in [1.165, 1.54) is 0 Å². The SMILES string of the molecule is COc1cnc2c(Nc3ccc4c(c3)[C@@]3(CCSC(N)=N3)c3cc(C5=CCCOC5)ncc3O4)nccc2c1. The van der Waals surface area contributed by atoms with Crippen molar-refractivity contribution in [3.05, 3.63) is 77.9 Å². The number of nitrogens with zero attached hydrogens (tertiary/aromatic N) is 4. The zero-order chi connectivity index (χ0) is 26.4. The number of hydrogen-bond acceptors (Lipinski definition) is 10. The molecule has 9 nitrogen and oxygen atoms in total. The summed E-state index contributed by atoms with van der Waals surface area (Å²) in [4.78, 5) is 18.9. The minimum absolute atomic E-state index is 0.545. The van der Waals surface area contributed by atoms with Crippen molar-refractivity contribution in [2.75, 3.05) is 31.4 Å². The summed E-state index contributed by atoms with van der Waals surface area (Å²) in [7, 11) is 1.63. The van der Waals surface area contributed by atoms with Crippen LogP contribution < -0.4 is 20.5 Å². The molecule has 3 aromatic heterocycles. The van der Waals surface area contributed by atoms with E-state index < -0.39 is 5.54 Å². The van der Waals surface area contributed by atoms with Gasteiger partial charge in [0.1, 0.15) is 22.6 Å². The van der Waals surface area contributed by atoms with Gasteiger partial charge in [0.05, 0.1) is 38.4 Å². The number of benzene rings is 1. The third-order valence-corrected chi connectivity index (χ3v) is 8.08. The quantitative estimate of drug-likeness (QED) is 0.353. The molecule has 4 aromatic rings. The molecule has 0 unspecified atom stereocenters. The average Bonchev–Trinajstić information content (AvgIpc) is 2.98. The van der Waals surface area contributed by atoms with Gasteiger partial charge in [-0.05, 0) is 54.8 Å². The Bertz CT molecular complexity index is 1670. The molecule has 1 aromatic carbocycles. The summed E-state index contributed by atoms with van der Waals surface area (Å²) in [6.45, 7) is 1.28. The van der Waals surface area contributed by atoms with Gasteiger partial charge in [-0.3, -0.25) is 4.98 Å². The Hall–Kier alpha value is -4.15. The van der Waals surface area contributed by atoms with Gasteiger partial charge in [-0.25, -0.2) is 15.0 Å². The van der Waals surface area contributed by atoms with Crippen LogP contribution in [-0.2, 0) is 10.3 Å². The molecule has 3 N–H and O–H groups in total. The van der Waals surface area contributed by atoms with Crippen LogP contribution >= 0.6 is 11.8 Å². The number of rotatable bonds is 4. The normalized spacial score (nSPS) is 19.9. The molecule has 1 atom stereocenters. The largest absolute Gasteiger partial charge is 0.495 e. The number of aliphatic imine (C=N–C) groups is 1. The van der Waals surface area contributed by atoms with E-state index in [1.807, 2.05) is 24.3 Å². The van der Waals surface area contributed by atoms with E-state index in [0.717, 1.165) is 69.9 Å². The molecule has 3 aliphatic rings. The first kappa shape index (κ1) is 23.9. The second kappa shape index (κ2) is 9.55.